The molecular formula is C11H15N3. The van der Waals surface area contributed by atoms with Gasteiger partial charge in [0.25, 0.3) is 0 Å². The second-order valence-electron chi connectivity index (χ2n) is 3.78. The summed E-state index contributed by atoms with van der Waals surface area (Å²) in [6, 6.07) is 0. The lowest BCUT2D eigenvalue weighted by molar-refractivity contribution is 0.790. The highest BCUT2D eigenvalue weighted by atomic mass is 15.0. The molecule has 0 aliphatic heterocycles. The summed E-state index contributed by atoms with van der Waals surface area (Å²) in [5.74, 6) is 0.465. The van der Waals surface area contributed by atoms with Gasteiger partial charge in [-0.05, 0) is 12.3 Å². The van der Waals surface area contributed by atoms with Gasteiger partial charge in [-0.15, -0.1) is 0 Å². The summed E-state index contributed by atoms with van der Waals surface area (Å²) in [7, 11) is 0. The van der Waals surface area contributed by atoms with Crippen LogP contribution in [0.5, 0.6) is 0 Å². The van der Waals surface area contributed by atoms with Crippen molar-refractivity contribution in [2.45, 2.75) is 33.1 Å². The number of aryl methyl sites for hydroxylation is 1. The van der Waals surface area contributed by atoms with Crippen molar-refractivity contribution in [3.05, 3.63) is 30.0 Å². The molecule has 0 fully saturated rings. The molecule has 2 aromatic heterocycles. The Hall–Kier alpha value is -1.38. The van der Waals surface area contributed by atoms with E-state index in [1.165, 1.54) is 0 Å². The number of hydrogen-bond acceptors (Lipinski definition) is 2. The number of fused-ring (bicyclic) bond motifs is 1. The molecule has 3 nitrogen and oxygen atoms in total. The molecule has 0 bridgehead atoms. The Morgan fingerprint density at radius 1 is 1.43 bits per heavy atom. The maximum atomic E-state index is 4.61. The van der Waals surface area contributed by atoms with Gasteiger partial charge in [-0.1, -0.05) is 20.8 Å². The van der Waals surface area contributed by atoms with Crippen LogP contribution in [0.3, 0.4) is 0 Å². The zero-order valence-electron chi connectivity index (χ0n) is 8.86. The molecule has 0 unspecified atom stereocenters. The fourth-order valence-corrected chi connectivity index (χ4v) is 1.53. The van der Waals surface area contributed by atoms with Crippen LogP contribution in [0, 0.1) is 0 Å². The molecule has 0 spiro atoms. The van der Waals surface area contributed by atoms with Gasteiger partial charge in [0.15, 0.2) is 5.65 Å². The Kier molecular flexibility index (Phi) is 2.23. The van der Waals surface area contributed by atoms with Gasteiger partial charge in [-0.2, -0.15) is 0 Å². The van der Waals surface area contributed by atoms with Crippen molar-refractivity contribution in [1.29, 1.82) is 0 Å². The largest absolute Gasteiger partial charge is 0.304 e. The maximum absolute atomic E-state index is 4.61. The van der Waals surface area contributed by atoms with E-state index in [1.807, 2.05) is 12.4 Å². The molecule has 74 valence electrons. The standard InChI is InChI=1S/C11H15N3/c1-4-9-11-12-5-6-14(11)7-10(13-9)8(2)3/h5-8H,4H2,1-3H3. The molecule has 3 heteroatoms. The van der Waals surface area contributed by atoms with Crippen LogP contribution in [0.15, 0.2) is 18.6 Å². The van der Waals surface area contributed by atoms with E-state index in [1.54, 1.807) is 0 Å². The Bertz CT molecular complexity index is 443. The smallest absolute Gasteiger partial charge is 0.158 e. The molecule has 0 amide bonds. The lowest BCUT2D eigenvalue weighted by atomic mass is 10.1. The van der Waals surface area contributed by atoms with Crippen LogP contribution in [-0.4, -0.2) is 14.4 Å². The highest BCUT2D eigenvalue weighted by molar-refractivity contribution is 5.44. The average Bonchev–Trinajstić information content (AvgIpc) is 2.63. The van der Waals surface area contributed by atoms with Crippen molar-refractivity contribution in [2.75, 3.05) is 0 Å². The summed E-state index contributed by atoms with van der Waals surface area (Å²) in [6.45, 7) is 6.43. The summed E-state index contributed by atoms with van der Waals surface area (Å²) in [5.41, 5.74) is 3.20. The molecule has 2 heterocycles. The van der Waals surface area contributed by atoms with Gasteiger partial charge in [0.05, 0.1) is 11.4 Å². The van der Waals surface area contributed by atoms with Crippen molar-refractivity contribution < 1.29 is 0 Å². The SMILES string of the molecule is CCc1nc(C(C)C)cn2ccnc12. The van der Waals surface area contributed by atoms with E-state index in [0.717, 1.165) is 23.5 Å². The van der Waals surface area contributed by atoms with Crippen LogP contribution in [-0.2, 0) is 6.42 Å². The zero-order valence-corrected chi connectivity index (χ0v) is 8.86. The van der Waals surface area contributed by atoms with Gasteiger partial charge >= 0.3 is 0 Å². The van der Waals surface area contributed by atoms with Crippen LogP contribution in [0.2, 0.25) is 0 Å². The van der Waals surface area contributed by atoms with E-state index in [-0.39, 0.29) is 0 Å². The Balaban J connectivity index is 2.67. The normalized spacial score (nSPS) is 11.4. The number of rotatable bonds is 2. The minimum atomic E-state index is 0.465. The quantitative estimate of drug-likeness (QED) is 0.726. The van der Waals surface area contributed by atoms with Gasteiger partial charge in [0, 0.05) is 18.6 Å². The van der Waals surface area contributed by atoms with E-state index in [0.29, 0.717) is 5.92 Å². The maximum Gasteiger partial charge on any atom is 0.158 e. The van der Waals surface area contributed by atoms with E-state index in [9.17, 15) is 0 Å². The fraction of sp³-hybridized carbons (Fsp3) is 0.455. The van der Waals surface area contributed by atoms with Crippen LogP contribution in [0.1, 0.15) is 38.1 Å². The number of imidazole rings is 1. The first kappa shape index (κ1) is 9.19. The first-order chi connectivity index (χ1) is 6.72. The second-order valence-corrected chi connectivity index (χ2v) is 3.78. The molecule has 0 saturated carbocycles. The second kappa shape index (κ2) is 3.40. The fourth-order valence-electron chi connectivity index (χ4n) is 1.53. The molecule has 0 radical (unpaired) electrons. The first-order valence-electron chi connectivity index (χ1n) is 5.05. The molecule has 0 saturated heterocycles. The van der Waals surface area contributed by atoms with Crippen molar-refractivity contribution in [3.8, 4) is 0 Å². The van der Waals surface area contributed by atoms with Gasteiger partial charge in [-0.25, -0.2) is 4.98 Å². The molecule has 0 N–H and O–H groups in total. The van der Waals surface area contributed by atoms with E-state index < -0.39 is 0 Å². The average molecular weight is 189 g/mol. The van der Waals surface area contributed by atoms with Gasteiger partial charge in [0.2, 0.25) is 0 Å². The molecule has 14 heavy (non-hydrogen) atoms. The summed E-state index contributed by atoms with van der Waals surface area (Å²) in [4.78, 5) is 8.90. The predicted molar refractivity (Wildman–Crippen MR) is 56.5 cm³/mol. The molecular weight excluding hydrogens is 174 g/mol. The zero-order chi connectivity index (χ0) is 10.1. The van der Waals surface area contributed by atoms with Crippen LogP contribution >= 0.6 is 0 Å². The third-order valence-electron chi connectivity index (χ3n) is 2.39. The van der Waals surface area contributed by atoms with Crippen LogP contribution in [0.4, 0.5) is 0 Å². The summed E-state index contributed by atoms with van der Waals surface area (Å²) in [6.07, 6.45) is 6.79. The van der Waals surface area contributed by atoms with Crippen LogP contribution in [0.25, 0.3) is 5.65 Å². The first-order valence-corrected chi connectivity index (χ1v) is 5.05. The van der Waals surface area contributed by atoms with E-state index >= 15 is 0 Å². The van der Waals surface area contributed by atoms with Crippen LogP contribution < -0.4 is 0 Å². The molecule has 2 aromatic rings. The van der Waals surface area contributed by atoms with Crippen molar-refractivity contribution in [1.82, 2.24) is 14.4 Å². The van der Waals surface area contributed by atoms with Gasteiger partial charge in [-0.3, -0.25) is 4.98 Å². The highest BCUT2D eigenvalue weighted by Gasteiger charge is 2.07. The van der Waals surface area contributed by atoms with Gasteiger partial charge < -0.3 is 4.40 Å². The topological polar surface area (TPSA) is 30.2 Å². The Labute approximate surface area is 83.8 Å². The molecule has 2 rings (SSSR count). The van der Waals surface area contributed by atoms with E-state index in [2.05, 4.69) is 41.3 Å². The van der Waals surface area contributed by atoms with Crippen molar-refractivity contribution in [2.24, 2.45) is 0 Å². The minimum absolute atomic E-state index is 0.465. The molecule has 0 atom stereocenters. The monoisotopic (exact) mass is 189 g/mol. The lowest BCUT2D eigenvalue weighted by Crippen LogP contribution is -2.02. The van der Waals surface area contributed by atoms with Crippen molar-refractivity contribution in [3.63, 3.8) is 0 Å². The molecule has 0 aromatic carbocycles. The highest BCUT2D eigenvalue weighted by Crippen LogP contribution is 2.15. The van der Waals surface area contributed by atoms with Crippen molar-refractivity contribution >= 4 is 5.65 Å². The number of nitrogens with zero attached hydrogens (tertiary/aromatic N) is 3. The lowest BCUT2D eigenvalue weighted by Gasteiger charge is -2.08. The Morgan fingerprint density at radius 2 is 2.21 bits per heavy atom. The van der Waals surface area contributed by atoms with E-state index in [4.69, 9.17) is 0 Å². The molecule has 0 aliphatic carbocycles. The minimum Gasteiger partial charge on any atom is -0.304 e. The predicted octanol–water partition coefficient (Wildman–Crippen LogP) is 2.42. The third-order valence-corrected chi connectivity index (χ3v) is 2.39. The number of aromatic nitrogens is 3. The number of hydrogen-bond donors (Lipinski definition) is 0. The summed E-state index contributed by atoms with van der Waals surface area (Å²) >= 11 is 0. The summed E-state index contributed by atoms with van der Waals surface area (Å²) in [5, 5.41) is 0. The Morgan fingerprint density at radius 3 is 2.86 bits per heavy atom. The molecule has 0 aliphatic rings. The van der Waals surface area contributed by atoms with Gasteiger partial charge in [0.1, 0.15) is 0 Å². The third kappa shape index (κ3) is 1.39. The summed E-state index contributed by atoms with van der Waals surface area (Å²) < 4.78 is 2.06.